The van der Waals surface area contributed by atoms with E-state index in [1.54, 1.807) is 0 Å². The molecule has 2 fully saturated rings. The Morgan fingerprint density at radius 2 is 1.88 bits per heavy atom. The number of rotatable bonds is 3. The van der Waals surface area contributed by atoms with Crippen LogP contribution in [0.3, 0.4) is 0 Å². The maximum atomic E-state index is 12.5. The minimum atomic E-state index is 0.0827. The van der Waals surface area contributed by atoms with Crippen molar-refractivity contribution in [2.75, 3.05) is 6.54 Å². The molecule has 2 rings (SSSR count). The molecule has 1 N–H and O–H groups in total. The fourth-order valence-corrected chi connectivity index (χ4v) is 3.34. The fourth-order valence-electron chi connectivity index (χ4n) is 3.34. The SMILES string of the molecule is CCN(C(=O)C1CCCC(C)N1)C1CCCC1. The van der Waals surface area contributed by atoms with Crippen molar-refractivity contribution in [3.8, 4) is 0 Å². The minimum Gasteiger partial charge on any atom is -0.339 e. The summed E-state index contributed by atoms with van der Waals surface area (Å²) in [5.74, 6) is 0.353. The van der Waals surface area contributed by atoms with Gasteiger partial charge in [0.15, 0.2) is 0 Å². The first-order valence-corrected chi connectivity index (χ1v) is 7.29. The number of nitrogens with one attached hydrogen (secondary N) is 1. The summed E-state index contributed by atoms with van der Waals surface area (Å²) in [5.41, 5.74) is 0. The van der Waals surface area contributed by atoms with E-state index >= 15 is 0 Å². The van der Waals surface area contributed by atoms with Gasteiger partial charge in [-0.2, -0.15) is 0 Å². The highest BCUT2D eigenvalue weighted by Crippen LogP contribution is 2.25. The molecule has 0 bridgehead atoms. The summed E-state index contributed by atoms with van der Waals surface area (Å²) in [5, 5.41) is 3.46. The minimum absolute atomic E-state index is 0.0827. The predicted molar refractivity (Wildman–Crippen MR) is 69.9 cm³/mol. The second-order valence-electron chi connectivity index (χ2n) is 5.61. The molecule has 2 aliphatic rings. The highest BCUT2D eigenvalue weighted by Gasteiger charge is 2.32. The average Bonchev–Trinajstić information content (AvgIpc) is 2.83. The van der Waals surface area contributed by atoms with E-state index in [-0.39, 0.29) is 6.04 Å². The monoisotopic (exact) mass is 238 g/mol. The highest BCUT2D eigenvalue weighted by atomic mass is 16.2. The van der Waals surface area contributed by atoms with Crippen LogP contribution in [0, 0.1) is 0 Å². The van der Waals surface area contributed by atoms with Crippen LogP contribution in [0.25, 0.3) is 0 Å². The maximum absolute atomic E-state index is 12.5. The summed E-state index contributed by atoms with van der Waals surface area (Å²) >= 11 is 0. The summed E-state index contributed by atoms with van der Waals surface area (Å²) in [6.45, 7) is 5.17. The molecule has 1 heterocycles. The first-order chi connectivity index (χ1) is 8.22. The highest BCUT2D eigenvalue weighted by molar-refractivity contribution is 5.82. The van der Waals surface area contributed by atoms with E-state index < -0.39 is 0 Å². The third kappa shape index (κ3) is 3.01. The molecule has 1 saturated heterocycles. The number of piperidine rings is 1. The smallest absolute Gasteiger partial charge is 0.239 e. The van der Waals surface area contributed by atoms with Gasteiger partial charge in [0, 0.05) is 18.6 Å². The molecule has 1 aliphatic carbocycles. The van der Waals surface area contributed by atoms with E-state index in [1.165, 1.54) is 38.5 Å². The van der Waals surface area contributed by atoms with Gasteiger partial charge in [-0.3, -0.25) is 4.79 Å². The van der Waals surface area contributed by atoms with E-state index in [9.17, 15) is 4.79 Å². The van der Waals surface area contributed by atoms with Gasteiger partial charge in [-0.1, -0.05) is 12.8 Å². The van der Waals surface area contributed by atoms with Gasteiger partial charge >= 0.3 is 0 Å². The summed E-state index contributed by atoms with van der Waals surface area (Å²) in [6, 6.07) is 1.10. The molecule has 17 heavy (non-hydrogen) atoms. The van der Waals surface area contributed by atoms with E-state index in [0.717, 1.165) is 13.0 Å². The molecule has 1 amide bonds. The van der Waals surface area contributed by atoms with Crippen LogP contribution in [0.4, 0.5) is 0 Å². The van der Waals surface area contributed by atoms with Crippen LogP contribution in [0.5, 0.6) is 0 Å². The van der Waals surface area contributed by atoms with Gasteiger partial charge in [0.25, 0.3) is 0 Å². The Morgan fingerprint density at radius 3 is 2.47 bits per heavy atom. The normalized spacial score (nSPS) is 30.5. The van der Waals surface area contributed by atoms with Gasteiger partial charge in [0.2, 0.25) is 5.91 Å². The van der Waals surface area contributed by atoms with Crippen molar-refractivity contribution < 1.29 is 4.79 Å². The number of nitrogens with zero attached hydrogens (tertiary/aromatic N) is 1. The molecule has 0 radical (unpaired) electrons. The van der Waals surface area contributed by atoms with E-state index in [1.807, 2.05) is 0 Å². The van der Waals surface area contributed by atoms with Gasteiger partial charge in [-0.05, 0) is 46.0 Å². The molecule has 0 spiro atoms. The van der Waals surface area contributed by atoms with Crippen molar-refractivity contribution in [1.82, 2.24) is 10.2 Å². The molecule has 1 aliphatic heterocycles. The molecular weight excluding hydrogens is 212 g/mol. The molecule has 0 aromatic heterocycles. The summed E-state index contributed by atoms with van der Waals surface area (Å²) in [6.07, 6.45) is 8.42. The van der Waals surface area contributed by atoms with Crippen LogP contribution < -0.4 is 5.32 Å². The lowest BCUT2D eigenvalue weighted by molar-refractivity contribution is -0.136. The lowest BCUT2D eigenvalue weighted by Gasteiger charge is -2.35. The second-order valence-corrected chi connectivity index (χ2v) is 5.61. The van der Waals surface area contributed by atoms with Crippen molar-refractivity contribution in [3.63, 3.8) is 0 Å². The quantitative estimate of drug-likeness (QED) is 0.818. The number of hydrogen-bond donors (Lipinski definition) is 1. The number of hydrogen-bond acceptors (Lipinski definition) is 2. The van der Waals surface area contributed by atoms with Gasteiger partial charge in [0.05, 0.1) is 6.04 Å². The number of carbonyl (C=O) groups excluding carboxylic acids is 1. The Balaban J connectivity index is 1.95. The first-order valence-electron chi connectivity index (χ1n) is 7.29. The Kier molecular flexibility index (Phi) is 4.43. The lowest BCUT2D eigenvalue weighted by atomic mass is 9.98. The number of carbonyl (C=O) groups is 1. The Bertz CT molecular complexity index is 261. The summed E-state index contributed by atoms with van der Waals surface area (Å²) in [7, 11) is 0. The largest absolute Gasteiger partial charge is 0.339 e. The topological polar surface area (TPSA) is 32.3 Å². The standard InChI is InChI=1S/C14H26N2O/c1-3-16(12-8-4-5-9-12)14(17)13-10-6-7-11(2)15-13/h11-13,15H,3-10H2,1-2H3. The fraction of sp³-hybridized carbons (Fsp3) is 0.929. The van der Waals surface area contributed by atoms with Gasteiger partial charge in [0.1, 0.15) is 0 Å². The molecule has 2 unspecified atom stereocenters. The van der Waals surface area contributed by atoms with Crippen LogP contribution in [0.1, 0.15) is 58.8 Å². The Labute approximate surface area is 105 Å². The molecule has 2 atom stereocenters. The number of amides is 1. The molecule has 3 nitrogen and oxygen atoms in total. The van der Waals surface area contributed by atoms with Crippen LogP contribution in [-0.2, 0) is 4.79 Å². The first kappa shape index (κ1) is 12.9. The molecule has 0 aromatic carbocycles. The Hall–Kier alpha value is -0.570. The van der Waals surface area contributed by atoms with Crippen LogP contribution in [0.15, 0.2) is 0 Å². The van der Waals surface area contributed by atoms with E-state index in [2.05, 4.69) is 24.1 Å². The second kappa shape index (κ2) is 5.85. The van der Waals surface area contributed by atoms with Crippen molar-refractivity contribution in [3.05, 3.63) is 0 Å². The van der Waals surface area contributed by atoms with Crippen LogP contribution >= 0.6 is 0 Å². The summed E-state index contributed by atoms with van der Waals surface area (Å²) in [4.78, 5) is 14.7. The molecule has 98 valence electrons. The van der Waals surface area contributed by atoms with Crippen LogP contribution in [0.2, 0.25) is 0 Å². The third-order valence-electron chi connectivity index (χ3n) is 4.30. The van der Waals surface area contributed by atoms with Gasteiger partial charge < -0.3 is 10.2 Å². The van der Waals surface area contributed by atoms with Crippen molar-refractivity contribution >= 4 is 5.91 Å². The van der Waals surface area contributed by atoms with Gasteiger partial charge in [-0.25, -0.2) is 0 Å². The number of likely N-dealkylation sites (N-methyl/N-ethyl adjacent to an activating group) is 1. The van der Waals surface area contributed by atoms with Crippen molar-refractivity contribution in [2.24, 2.45) is 0 Å². The van der Waals surface area contributed by atoms with Crippen LogP contribution in [-0.4, -0.2) is 35.5 Å². The van der Waals surface area contributed by atoms with Crippen molar-refractivity contribution in [1.29, 1.82) is 0 Å². The lowest BCUT2D eigenvalue weighted by Crippen LogP contribution is -2.53. The molecule has 0 aromatic rings. The molecule has 1 saturated carbocycles. The van der Waals surface area contributed by atoms with Crippen molar-refractivity contribution in [2.45, 2.75) is 76.9 Å². The molecule has 3 heteroatoms. The maximum Gasteiger partial charge on any atom is 0.239 e. The zero-order chi connectivity index (χ0) is 12.3. The van der Waals surface area contributed by atoms with E-state index in [4.69, 9.17) is 0 Å². The zero-order valence-corrected chi connectivity index (χ0v) is 11.2. The average molecular weight is 238 g/mol. The zero-order valence-electron chi connectivity index (χ0n) is 11.2. The van der Waals surface area contributed by atoms with E-state index in [0.29, 0.717) is 18.0 Å². The Morgan fingerprint density at radius 1 is 1.18 bits per heavy atom. The third-order valence-corrected chi connectivity index (χ3v) is 4.30. The predicted octanol–water partition coefficient (Wildman–Crippen LogP) is 2.31. The summed E-state index contributed by atoms with van der Waals surface area (Å²) < 4.78 is 0. The van der Waals surface area contributed by atoms with Gasteiger partial charge in [-0.15, -0.1) is 0 Å². The molecular formula is C14H26N2O.